The third kappa shape index (κ3) is 5.52. The third-order valence-corrected chi connectivity index (χ3v) is 5.54. The molecule has 2 aliphatic rings. The molecule has 1 heterocycles. The number of methoxy groups -OCH3 is 2. The van der Waals surface area contributed by atoms with E-state index in [-0.39, 0.29) is 0 Å². The van der Waals surface area contributed by atoms with Gasteiger partial charge in [0.15, 0.2) is 5.96 Å². The second-order valence-corrected chi connectivity index (χ2v) is 7.38. The molecular weight excluding hydrogens is 354 g/mol. The van der Waals surface area contributed by atoms with Crippen LogP contribution in [0.3, 0.4) is 0 Å². The molecule has 1 aliphatic carbocycles. The lowest BCUT2D eigenvalue weighted by Crippen LogP contribution is -2.53. The van der Waals surface area contributed by atoms with E-state index in [0.29, 0.717) is 0 Å². The second-order valence-electron chi connectivity index (χ2n) is 7.38. The number of aliphatic imine (C=N–C) groups is 1. The van der Waals surface area contributed by atoms with Crippen molar-refractivity contribution in [3.05, 3.63) is 24.3 Å². The molecular formula is C21H35N5O2. The molecule has 1 N–H and O–H groups in total. The molecule has 1 aliphatic heterocycles. The van der Waals surface area contributed by atoms with Crippen molar-refractivity contribution in [2.75, 3.05) is 78.6 Å². The number of ether oxygens (including phenoxy) is 2. The van der Waals surface area contributed by atoms with Crippen LogP contribution in [0.5, 0.6) is 5.75 Å². The number of anilines is 1. The molecule has 0 amide bonds. The summed E-state index contributed by atoms with van der Waals surface area (Å²) in [5.41, 5.74) is 1.17. The lowest BCUT2D eigenvalue weighted by Gasteiger charge is -2.38. The van der Waals surface area contributed by atoms with Crippen molar-refractivity contribution in [3.8, 4) is 5.75 Å². The van der Waals surface area contributed by atoms with E-state index in [2.05, 4.69) is 37.1 Å². The van der Waals surface area contributed by atoms with E-state index in [0.717, 1.165) is 70.2 Å². The average Bonchev–Trinajstić information content (AvgIpc) is 3.59. The summed E-state index contributed by atoms with van der Waals surface area (Å²) in [6, 6.07) is 9.00. The number of nitrogens with one attached hydrogen (secondary N) is 1. The average molecular weight is 390 g/mol. The van der Waals surface area contributed by atoms with Gasteiger partial charge in [0.05, 0.1) is 19.4 Å². The minimum Gasteiger partial charge on any atom is -0.495 e. The monoisotopic (exact) mass is 389 g/mol. The van der Waals surface area contributed by atoms with Crippen LogP contribution in [0.2, 0.25) is 0 Å². The van der Waals surface area contributed by atoms with E-state index < -0.39 is 0 Å². The predicted octanol–water partition coefficient (Wildman–Crippen LogP) is 1.50. The summed E-state index contributed by atoms with van der Waals surface area (Å²) < 4.78 is 10.8. The van der Waals surface area contributed by atoms with Crippen molar-refractivity contribution in [3.63, 3.8) is 0 Å². The smallest absolute Gasteiger partial charge is 0.193 e. The van der Waals surface area contributed by atoms with Gasteiger partial charge in [0, 0.05) is 66.0 Å². The van der Waals surface area contributed by atoms with Crippen molar-refractivity contribution in [1.29, 1.82) is 0 Å². The molecule has 1 aromatic carbocycles. The van der Waals surface area contributed by atoms with Gasteiger partial charge >= 0.3 is 0 Å². The number of hydrogen-bond donors (Lipinski definition) is 1. The number of rotatable bonds is 9. The van der Waals surface area contributed by atoms with Gasteiger partial charge in [-0.15, -0.1) is 0 Å². The van der Waals surface area contributed by atoms with Crippen molar-refractivity contribution in [2.24, 2.45) is 4.99 Å². The Morgan fingerprint density at radius 3 is 2.54 bits per heavy atom. The fourth-order valence-corrected chi connectivity index (χ4v) is 3.82. The second kappa shape index (κ2) is 10.5. The molecule has 1 aromatic rings. The number of nitrogens with zero attached hydrogens (tertiary/aromatic N) is 4. The maximum atomic E-state index is 5.52. The van der Waals surface area contributed by atoms with Gasteiger partial charge in [0.1, 0.15) is 5.75 Å². The summed E-state index contributed by atoms with van der Waals surface area (Å²) in [6.07, 6.45) is 2.65. The standard InChI is InChI=1S/C21H35N5O2/c1-22-21(23-10-11-24(16-17-27-2)18-8-9-18)26-14-12-25(13-15-26)19-6-4-5-7-20(19)28-3/h4-7,18H,8-17H2,1-3H3,(H,22,23). The van der Waals surface area contributed by atoms with Gasteiger partial charge in [0.25, 0.3) is 0 Å². The molecule has 0 radical (unpaired) electrons. The molecule has 0 bridgehead atoms. The summed E-state index contributed by atoms with van der Waals surface area (Å²) in [5.74, 6) is 1.94. The zero-order chi connectivity index (χ0) is 19.8. The van der Waals surface area contributed by atoms with E-state index in [1.165, 1.54) is 18.5 Å². The summed E-state index contributed by atoms with van der Waals surface area (Å²) >= 11 is 0. The number of guanidine groups is 1. The van der Waals surface area contributed by atoms with Crippen molar-refractivity contribution in [2.45, 2.75) is 18.9 Å². The zero-order valence-electron chi connectivity index (χ0n) is 17.6. The van der Waals surface area contributed by atoms with Crippen LogP contribution in [0.25, 0.3) is 0 Å². The molecule has 0 atom stereocenters. The maximum absolute atomic E-state index is 5.52. The lowest BCUT2D eigenvalue weighted by atomic mass is 10.2. The zero-order valence-corrected chi connectivity index (χ0v) is 17.6. The molecule has 3 rings (SSSR count). The van der Waals surface area contributed by atoms with E-state index in [1.54, 1.807) is 14.2 Å². The molecule has 1 saturated carbocycles. The molecule has 0 aromatic heterocycles. The van der Waals surface area contributed by atoms with Crippen molar-refractivity contribution < 1.29 is 9.47 Å². The molecule has 7 nitrogen and oxygen atoms in total. The van der Waals surface area contributed by atoms with E-state index in [1.807, 2.05) is 19.2 Å². The Balaban J connectivity index is 1.46. The van der Waals surface area contributed by atoms with Crippen LogP contribution in [-0.2, 0) is 4.74 Å². The predicted molar refractivity (Wildman–Crippen MR) is 115 cm³/mol. The van der Waals surface area contributed by atoms with Gasteiger partial charge in [-0.25, -0.2) is 0 Å². The van der Waals surface area contributed by atoms with Crippen molar-refractivity contribution in [1.82, 2.24) is 15.1 Å². The van der Waals surface area contributed by atoms with E-state index in [4.69, 9.17) is 9.47 Å². The highest BCUT2D eigenvalue weighted by molar-refractivity contribution is 5.80. The van der Waals surface area contributed by atoms with Crippen LogP contribution < -0.4 is 15.0 Å². The summed E-state index contributed by atoms with van der Waals surface area (Å²) in [7, 11) is 5.38. The molecule has 28 heavy (non-hydrogen) atoms. The quantitative estimate of drug-likeness (QED) is 0.510. The van der Waals surface area contributed by atoms with Gasteiger partial charge in [-0.2, -0.15) is 0 Å². The highest BCUT2D eigenvalue weighted by atomic mass is 16.5. The highest BCUT2D eigenvalue weighted by Crippen LogP contribution is 2.28. The summed E-state index contributed by atoms with van der Waals surface area (Å²) in [5, 5.41) is 3.56. The summed E-state index contributed by atoms with van der Waals surface area (Å²) in [6.45, 7) is 7.59. The molecule has 0 unspecified atom stereocenters. The number of benzene rings is 1. The minimum atomic E-state index is 0.753. The number of para-hydroxylation sites is 2. The molecule has 1 saturated heterocycles. The molecule has 0 spiro atoms. The fraction of sp³-hybridized carbons (Fsp3) is 0.667. The molecule has 7 heteroatoms. The Morgan fingerprint density at radius 2 is 1.89 bits per heavy atom. The number of hydrogen-bond acceptors (Lipinski definition) is 5. The van der Waals surface area contributed by atoms with Crippen LogP contribution in [0, 0.1) is 0 Å². The Hall–Kier alpha value is -1.99. The van der Waals surface area contributed by atoms with E-state index in [9.17, 15) is 0 Å². The first-order chi connectivity index (χ1) is 13.8. The SMILES string of the molecule is CN=C(NCCN(CCOC)C1CC1)N1CCN(c2ccccc2OC)CC1. The summed E-state index contributed by atoms with van der Waals surface area (Å²) in [4.78, 5) is 11.8. The van der Waals surface area contributed by atoms with Gasteiger partial charge in [-0.05, 0) is 25.0 Å². The van der Waals surface area contributed by atoms with E-state index >= 15 is 0 Å². The Morgan fingerprint density at radius 1 is 1.14 bits per heavy atom. The van der Waals surface area contributed by atoms with Crippen molar-refractivity contribution >= 4 is 11.6 Å². The van der Waals surface area contributed by atoms with Gasteiger partial charge in [-0.3, -0.25) is 9.89 Å². The third-order valence-electron chi connectivity index (χ3n) is 5.54. The fourth-order valence-electron chi connectivity index (χ4n) is 3.82. The van der Waals surface area contributed by atoms with Gasteiger partial charge < -0.3 is 24.6 Å². The number of piperazine rings is 1. The normalized spacial score (nSPS) is 17.9. The van der Waals surface area contributed by atoms with Crippen LogP contribution >= 0.6 is 0 Å². The Kier molecular flexibility index (Phi) is 7.80. The maximum Gasteiger partial charge on any atom is 0.193 e. The van der Waals surface area contributed by atoms with Crippen LogP contribution in [0.15, 0.2) is 29.3 Å². The molecule has 2 fully saturated rings. The first-order valence-corrected chi connectivity index (χ1v) is 10.3. The van der Waals surface area contributed by atoms with Crippen LogP contribution in [-0.4, -0.2) is 95.5 Å². The molecule has 156 valence electrons. The largest absolute Gasteiger partial charge is 0.495 e. The lowest BCUT2D eigenvalue weighted by molar-refractivity contribution is 0.144. The Bertz CT molecular complexity index is 627. The van der Waals surface area contributed by atoms with Crippen LogP contribution in [0.1, 0.15) is 12.8 Å². The Labute approximate surface area is 169 Å². The minimum absolute atomic E-state index is 0.753. The van der Waals surface area contributed by atoms with Gasteiger partial charge in [-0.1, -0.05) is 12.1 Å². The highest BCUT2D eigenvalue weighted by Gasteiger charge is 2.28. The van der Waals surface area contributed by atoms with Crippen LogP contribution in [0.4, 0.5) is 5.69 Å². The first-order valence-electron chi connectivity index (χ1n) is 10.3. The topological polar surface area (TPSA) is 52.6 Å². The first kappa shape index (κ1) is 20.7. The van der Waals surface area contributed by atoms with Gasteiger partial charge in [0.2, 0.25) is 0 Å².